The summed E-state index contributed by atoms with van der Waals surface area (Å²) in [5.41, 5.74) is 1.28. The molecule has 0 bridgehead atoms. The van der Waals surface area contributed by atoms with E-state index in [0.717, 1.165) is 11.1 Å². The van der Waals surface area contributed by atoms with Gasteiger partial charge < -0.3 is 9.26 Å². The van der Waals surface area contributed by atoms with E-state index >= 15 is 0 Å². The highest BCUT2D eigenvalue weighted by Gasteiger charge is 2.04. The standard InChI is InChI=1S/C18H14ClNO3/c1-12-16(18(21)23-20-12)10-14-6-2-3-8-17(14)22-11-13-5-4-7-15(19)9-13/h2-10,20H,1,11H2. The topological polar surface area (TPSA) is 55.2 Å². The number of rotatable bonds is 4. The minimum atomic E-state index is -0.459. The molecule has 0 amide bonds. The molecule has 3 aromatic rings. The van der Waals surface area contributed by atoms with E-state index in [-0.39, 0.29) is 0 Å². The van der Waals surface area contributed by atoms with E-state index in [1.165, 1.54) is 0 Å². The van der Waals surface area contributed by atoms with E-state index < -0.39 is 5.63 Å². The lowest BCUT2D eigenvalue weighted by Crippen LogP contribution is -2.31. The van der Waals surface area contributed by atoms with Gasteiger partial charge in [-0.05, 0) is 29.8 Å². The number of nitrogens with one attached hydrogen (secondary N) is 1. The summed E-state index contributed by atoms with van der Waals surface area (Å²) in [4.78, 5) is 11.6. The van der Waals surface area contributed by atoms with Gasteiger partial charge in [0.05, 0.1) is 10.6 Å². The smallest absolute Gasteiger partial charge is 0.365 e. The summed E-state index contributed by atoms with van der Waals surface area (Å²) >= 11 is 5.97. The van der Waals surface area contributed by atoms with Gasteiger partial charge in [0.1, 0.15) is 12.4 Å². The van der Waals surface area contributed by atoms with Gasteiger partial charge in [0.15, 0.2) is 0 Å². The van der Waals surface area contributed by atoms with Gasteiger partial charge in [0.2, 0.25) is 0 Å². The maximum atomic E-state index is 11.6. The summed E-state index contributed by atoms with van der Waals surface area (Å²) in [6.07, 6.45) is 1.69. The summed E-state index contributed by atoms with van der Waals surface area (Å²) < 4.78 is 10.6. The third-order valence-corrected chi connectivity index (χ3v) is 3.55. The first kappa shape index (κ1) is 15.2. The Hall–Kier alpha value is -2.72. The Labute approximate surface area is 137 Å². The molecule has 23 heavy (non-hydrogen) atoms. The quantitative estimate of drug-likeness (QED) is 0.800. The van der Waals surface area contributed by atoms with Crippen molar-refractivity contribution in [3.63, 3.8) is 0 Å². The van der Waals surface area contributed by atoms with Gasteiger partial charge in [0, 0.05) is 10.6 Å². The molecule has 0 radical (unpaired) electrons. The van der Waals surface area contributed by atoms with Crippen molar-refractivity contribution < 1.29 is 9.26 Å². The van der Waals surface area contributed by atoms with Crippen LogP contribution >= 0.6 is 11.6 Å². The van der Waals surface area contributed by atoms with E-state index in [2.05, 4.69) is 11.7 Å². The molecular weight excluding hydrogens is 314 g/mol. The van der Waals surface area contributed by atoms with Crippen LogP contribution in [0.2, 0.25) is 5.02 Å². The highest BCUT2D eigenvalue weighted by Crippen LogP contribution is 2.20. The molecule has 3 rings (SSSR count). The van der Waals surface area contributed by atoms with Crippen LogP contribution in [0.5, 0.6) is 5.75 Å². The van der Waals surface area contributed by atoms with Crippen LogP contribution < -0.4 is 20.9 Å². The van der Waals surface area contributed by atoms with E-state index in [1.54, 1.807) is 6.08 Å². The fourth-order valence-corrected chi connectivity index (χ4v) is 2.37. The van der Waals surface area contributed by atoms with E-state index in [4.69, 9.17) is 20.9 Å². The molecule has 1 aromatic heterocycles. The van der Waals surface area contributed by atoms with E-state index in [0.29, 0.717) is 27.9 Å². The third-order valence-electron chi connectivity index (χ3n) is 3.31. The lowest BCUT2D eigenvalue weighted by atomic mass is 10.1. The van der Waals surface area contributed by atoms with Crippen LogP contribution in [0, 0.1) is 0 Å². The van der Waals surface area contributed by atoms with Gasteiger partial charge in [0.25, 0.3) is 0 Å². The summed E-state index contributed by atoms with van der Waals surface area (Å²) in [6.45, 7) is 4.11. The Morgan fingerprint density at radius 3 is 2.78 bits per heavy atom. The average Bonchev–Trinajstić information content (AvgIpc) is 2.86. The first-order valence-corrected chi connectivity index (χ1v) is 7.36. The maximum Gasteiger partial charge on any atom is 0.365 e. The molecule has 0 atom stereocenters. The van der Waals surface area contributed by atoms with Crippen molar-refractivity contribution in [2.75, 3.05) is 0 Å². The average molecular weight is 328 g/mol. The SMILES string of the molecule is C=c1[nH]oc(=O)c1=Cc1ccccc1OCc1cccc(Cl)c1. The summed E-state index contributed by atoms with van der Waals surface area (Å²) in [5, 5.41) is 3.93. The Morgan fingerprint density at radius 1 is 1.22 bits per heavy atom. The van der Waals surface area contributed by atoms with Crippen LogP contribution in [0.4, 0.5) is 0 Å². The van der Waals surface area contributed by atoms with Crippen LogP contribution in [0.25, 0.3) is 12.7 Å². The van der Waals surface area contributed by atoms with Gasteiger partial charge >= 0.3 is 5.63 Å². The van der Waals surface area contributed by atoms with E-state index in [9.17, 15) is 4.79 Å². The van der Waals surface area contributed by atoms with Crippen LogP contribution in [0.1, 0.15) is 11.1 Å². The second-order valence-electron chi connectivity index (χ2n) is 4.98. The maximum absolute atomic E-state index is 11.6. The third kappa shape index (κ3) is 3.55. The molecule has 1 N–H and O–H groups in total. The zero-order valence-corrected chi connectivity index (χ0v) is 13.0. The number of hydrogen-bond acceptors (Lipinski definition) is 3. The Kier molecular flexibility index (Phi) is 4.35. The molecule has 116 valence electrons. The second-order valence-corrected chi connectivity index (χ2v) is 5.42. The lowest BCUT2D eigenvalue weighted by Gasteiger charge is -2.09. The number of aromatic amines is 1. The highest BCUT2D eigenvalue weighted by atomic mass is 35.5. The second kappa shape index (κ2) is 6.58. The van der Waals surface area contributed by atoms with Crippen LogP contribution in [-0.4, -0.2) is 5.16 Å². The normalized spacial score (nSPS) is 11.6. The minimum Gasteiger partial charge on any atom is -0.488 e. The predicted molar refractivity (Wildman–Crippen MR) is 89.9 cm³/mol. The largest absolute Gasteiger partial charge is 0.488 e. The van der Waals surface area contributed by atoms with Crippen molar-refractivity contribution in [1.29, 1.82) is 0 Å². The van der Waals surface area contributed by atoms with Gasteiger partial charge in [-0.2, -0.15) is 0 Å². The van der Waals surface area contributed by atoms with Crippen molar-refractivity contribution in [1.82, 2.24) is 5.16 Å². The van der Waals surface area contributed by atoms with Crippen molar-refractivity contribution in [3.8, 4) is 5.75 Å². The number of H-pyrrole nitrogens is 1. The molecular formula is C18H14ClNO3. The van der Waals surface area contributed by atoms with Crippen molar-refractivity contribution >= 4 is 24.3 Å². The summed E-state index contributed by atoms with van der Waals surface area (Å²) in [5.74, 6) is 0.660. The number of aromatic nitrogens is 1. The number of para-hydroxylation sites is 1. The van der Waals surface area contributed by atoms with Gasteiger partial charge in [-0.25, -0.2) is 9.95 Å². The number of hydrogen-bond donors (Lipinski definition) is 1. The van der Waals surface area contributed by atoms with Gasteiger partial charge in [-0.1, -0.05) is 48.5 Å². The van der Waals surface area contributed by atoms with Crippen LogP contribution in [0.15, 0.2) is 57.8 Å². The van der Waals surface area contributed by atoms with Crippen molar-refractivity contribution in [3.05, 3.63) is 85.7 Å². The van der Waals surface area contributed by atoms with Crippen LogP contribution in [-0.2, 0) is 6.61 Å². The predicted octanol–water partition coefficient (Wildman–Crippen LogP) is 2.44. The molecule has 1 heterocycles. The molecule has 0 spiro atoms. The number of benzene rings is 2. The zero-order chi connectivity index (χ0) is 16.2. The Bertz CT molecular complexity index is 957. The van der Waals surface area contributed by atoms with Crippen LogP contribution in [0.3, 0.4) is 0 Å². The minimum absolute atomic E-state index is 0.379. The number of halogens is 1. The molecule has 0 fully saturated rings. The molecule has 0 saturated heterocycles. The molecule has 0 unspecified atom stereocenters. The number of ether oxygens (including phenoxy) is 1. The zero-order valence-electron chi connectivity index (χ0n) is 12.2. The molecule has 5 heteroatoms. The van der Waals surface area contributed by atoms with Crippen molar-refractivity contribution in [2.24, 2.45) is 0 Å². The molecule has 2 aromatic carbocycles. The molecule has 0 aliphatic heterocycles. The fraction of sp³-hybridized carbons (Fsp3) is 0.0556. The highest BCUT2D eigenvalue weighted by molar-refractivity contribution is 6.30. The molecule has 0 aliphatic rings. The summed E-state index contributed by atoms with van der Waals surface area (Å²) in [7, 11) is 0. The van der Waals surface area contributed by atoms with Gasteiger partial charge in [-0.15, -0.1) is 0 Å². The first-order chi connectivity index (χ1) is 11.1. The molecule has 0 saturated carbocycles. The van der Waals surface area contributed by atoms with Gasteiger partial charge in [-0.3, -0.25) is 0 Å². The fourth-order valence-electron chi connectivity index (χ4n) is 2.16. The monoisotopic (exact) mass is 327 g/mol. The lowest BCUT2D eigenvalue weighted by molar-refractivity contribution is 0.305. The summed E-state index contributed by atoms with van der Waals surface area (Å²) in [6, 6.07) is 14.9. The van der Waals surface area contributed by atoms with Crippen molar-refractivity contribution in [2.45, 2.75) is 6.61 Å². The van der Waals surface area contributed by atoms with E-state index in [1.807, 2.05) is 48.5 Å². The first-order valence-electron chi connectivity index (χ1n) is 6.98. The Balaban J connectivity index is 1.91. The molecule has 0 aliphatic carbocycles. The Morgan fingerprint density at radius 2 is 2.04 bits per heavy atom. The molecule has 4 nitrogen and oxygen atoms in total.